The molecule has 0 unspecified atom stereocenters. The summed E-state index contributed by atoms with van der Waals surface area (Å²) in [6.45, 7) is 7.21. The number of rotatable bonds is 12. The molecule has 0 saturated heterocycles. The van der Waals surface area contributed by atoms with Crippen molar-refractivity contribution >= 4 is 39.1 Å². The Kier molecular flexibility index (Phi) is 10.5. The van der Waals surface area contributed by atoms with Crippen LogP contribution in [0.1, 0.15) is 38.3 Å². The molecule has 7 nitrogen and oxygen atoms in total. The number of aryl methyl sites for hydroxylation is 1. The van der Waals surface area contributed by atoms with Crippen LogP contribution in [0.2, 0.25) is 5.02 Å². The van der Waals surface area contributed by atoms with Crippen LogP contribution in [0.4, 0.5) is 5.69 Å². The van der Waals surface area contributed by atoms with E-state index in [0.717, 1.165) is 15.4 Å². The molecule has 9 heteroatoms. The highest BCUT2D eigenvalue weighted by molar-refractivity contribution is 7.92. The van der Waals surface area contributed by atoms with E-state index in [4.69, 9.17) is 11.6 Å². The summed E-state index contributed by atoms with van der Waals surface area (Å²) < 4.78 is 28.7. The molecular formula is C30H36ClN3O4S. The van der Waals surface area contributed by atoms with E-state index in [2.05, 4.69) is 5.32 Å². The van der Waals surface area contributed by atoms with Crippen LogP contribution in [0.15, 0.2) is 83.8 Å². The number of carbonyl (C=O) groups is 2. The second kappa shape index (κ2) is 13.6. The van der Waals surface area contributed by atoms with Crippen molar-refractivity contribution in [3.05, 3.63) is 95.0 Å². The lowest BCUT2D eigenvalue weighted by molar-refractivity contribution is -0.139. The molecule has 0 heterocycles. The molecule has 0 spiro atoms. The minimum atomic E-state index is -4.11. The zero-order chi connectivity index (χ0) is 28.6. The molecule has 0 aliphatic heterocycles. The van der Waals surface area contributed by atoms with Gasteiger partial charge < -0.3 is 10.2 Å². The first-order chi connectivity index (χ1) is 18.5. The molecule has 0 aliphatic carbocycles. The van der Waals surface area contributed by atoms with E-state index in [0.29, 0.717) is 23.6 Å². The molecular weight excluding hydrogens is 534 g/mol. The van der Waals surface area contributed by atoms with Crippen molar-refractivity contribution in [2.45, 2.75) is 57.5 Å². The van der Waals surface area contributed by atoms with Crippen LogP contribution < -0.4 is 9.62 Å². The number of amides is 2. The molecule has 0 bridgehead atoms. The van der Waals surface area contributed by atoms with Crippen LogP contribution in [0, 0.1) is 6.92 Å². The molecule has 0 fully saturated rings. The molecule has 208 valence electrons. The lowest BCUT2D eigenvalue weighted by Crippen LogP contribution is -2.54. The minimum Gasteiger partial charge on any atom is -0.352 e. The van der Waals surface area contributed by atoms with Gasteiger partial charge in [-0.3, -0.25) is 13.9 Å². The summed E-state index contributed by atoms with van der Waals surface area (Å²) in [5.41, 5.74) is 2.23. The maximum absolute atomic E-state index is 14.0. The Morgan fingerprint density at radius 1 is 0.923 bits per heavy atom. The fourth-order valence-corrected chi connectivity index (χ4v) is 5.79. The third-order valence-electron chi connectivity index (χ3n) is 6.30. The van der Waals surface area contributed by atoms with Crippen molar-refractivity contribution in [1.82, 2.24) is 10.2 Å². The second-order valence-corrected chi connectivity index (χ2v) is 12.0. The highest BCUT2D eigenvalue weighted by Crippen LogP contribution is 2.26. The highest BCUT2D eigenvalue weighted by Gasteiger charge is 2.33. The molecule has 3 rings (SSSR count). The van der Waals surface area contributed by atoms with Crippen LogP contribution in [-0.4, -0.2) is 50.3 Å². The lowest BCUT2D eigenvalue weighted by Gasteiger charge is -2.33. The Balaban J connectivity index is 2.00. The number of hydrogen-bond donors (Lipinski definition) is 1. The van der Waals surface area contributed by atoms with E-state index in [1.54, 1.807) is 36.4 Å². The number of hydrogen-bond acceptors (Lipinski definition) is 4. The van der Waals surface area contributed by atoms with Crippen LogP contribution in [-0.2, 0) is 26.0 Å². The third kappa shape index (κ3) is 8.07. The third-order valence-corrected chi connectivity index (χ3v) is 8.34. The minimum absolute atomic E-state index is 0.0660. The fraction of sp³-hybridized carbons (Fsp3) is 0.333. The molecule has 1 atom stereocenters. The normalized spacial score (nSPS) is 12.2. The van der Waals surface area contributed by atoms with Gasteiger partial charge in [0.15, 0.2) is 0 Å². The largest absolute Gasteiger partial charge is 0.352 e. The van der Waals surface area contributed by atoms with Gasteiger partial charge in [-0.05, 0) is 75.6 Å². The van der Waals surface area contributed by atoms with Gasteiger partial charge in [-0.15, -0.1) is 0 Å². The van der Waals surface area contributed by atoms with Crippen molar-refractivity contribution in [2.75, 3.05) is 17.4 Å². The molecule has 3 aromatic rings. The quantitative estimate of drug-likeness (QED) is 0.324. The summed E-state index contributed by atoms with van der Waals surface area (Å²) in [5, 5.41) is 3.34. The molecule has 0 aliphatic rings. The van der Waals surface area contributed by atoms with E-state index in [9.17, 15) is 18.0 Å². The van der Waals surface area contributed by atoms with E-state index < -0.39 is 28.5 Å². The summed E-state index contributed by atoms with van der Waals surface area (Å²) in [6, 6.07) is 21.6. The Bertz CT molecular complexity index is 1350. The van der Waals surface area contributed by atoms with E-state index in [1.807, 2.05) is 58.0 Å². The summed E-state index contributed by atoms with van der Waals surface area (Å²) in [4.78, 5) is 28.6. The molecule has 39 heavy (non-hydrogen) atoms. The second-order valence-electron chi connectivity index (χ2n) is 9.71. The van der Waals surface area contributed by atoms with Gasteiger partial charge >= 0.3 is 0 Å². The molecule has 0 aromatic heterocycles. The molecule has 0 saturated carbocycles. The number of benzene rings is 3. The fourth-order valence-electron chi connectivity index (χ4n) is 4.25. The van der Waals surface area contributed by atoms with Crippen molar-refractivity contribution in [2.24, 2.45) is 0 Å². The van der Waals surface area contributed by atoms with Gasteiger partial charge in [0.1, 0.15) is 12.6 Å². The van der Waals surface area contributed by atoms with Crippen LogP contribution >= 0.6 is 11.6 Å². The smallest absolute Gasteiger partial charge is 0.264 e. The summed E-state index contributed by atoms with van der Waals surface area (Å²) in [5.74, 6) is -0.740. The highest BCUT2D eigenvalue weighted by atomic mass is 35.5. The SMILES string of the molecule is CC[C@H](C(=O)NC(C)C)N(CCc1ccccc1)C(=O)CN(c1ccc(Cl)cc1)S(=O)(=O)c1ccc(C)cc1. The Morgan fingerprint density at radius 3 is 2.10 bits per heavy atom. The van der Waals surface area contributed by atoms with Gasteiger partial charge in [0.2, 0.25) is 11.8 Å². The number of halogens is 1. The monoisotopic (exact) mass is 569 g/mol. The molecule has 1 N–H and O–H groups in total. The van der Waals surface area contributed by atoms with Gasteiger partial charge in [0.05, 0.1) is 10.6 Å². The first-order valence-corrected chi connectivity index (χ1v) is 14.8. The van der Waals surface area contributed by atoms with Gasteiger partial charge in [-0.2, -0.15) is 0 Å². The maximum atomic E-state index is 14.0. The summed E-state index contributed by atoms with van der Waals surface area (Å²) in [7, 11) is -4.11. The predicted molar refractivity (Wildman–Crippen MR) is 156 cm³/mol. The van der Waals surface area contributed by atoms with Crippen molar-refractivity contribution < 1.29 is 18.0 Å². The molecule has 3 aromatic carbocycles. The van der Waals surface area contributed by atoms with Crippen molar-refractivity contribution in [3.8, 4) is 0 Å². The van der Waals surface area contributed by atoms with Crippen LogP contribution in [0.3, 0.4) is 0 Å². The Morgan fingerprint density at radius 2 is 1.54 bits per heavy atom. The Labute approximate surface area is 236 Å². The van der Waals surface area contributed by atoms with Gasteiger partial charge in [0.25, 0.3) is 10.0 Å². The van der Waals surface area contributed by atoms with E-state index in [-0.39, 0.29) is 23.4 Å². The first-order valence-electron chi connectivity index (χ1n) is 13.0. The predicted octanol–water partition coefficient (Wildman–Crippen LogP) is 5.22. The lowest BCUT2D eigenvalue weighted by atomic mass is 10.1. The van der Waals surface area contributed by atoms with Gasteiger partial charge in [-0.1, -0.05) is 66.6 Å². The number of nitrogens with zero attached hydrogens (tertiary/aromatic N) is 2. The van der Waals surface area contributed by atoms with Crippen LogP contribution in [0.25, 0.3) is 0 Å². The number of sulfonamides is 1. The first kappa shape index (κ1) is 30.2. The summed E-state index contributed by atoms with van der Waals surface area (Å²) in [6.07, 6.45) is 0.897. The number of nitrogens with one attached hydrogen (secondary N) is 1. The molecule has 0 radical (unpaired) electrons. The standard InChI is InChI=1S/C30H36ClN3O4S/c1-5-28(30(36)32-22(2)3)33(20-19-24-9-7-6-8-10-24)29(35)21-34(26-15-13-25(31)14-16-26)39(37,38)27-17-11-23(4)12-18-27/h6-18,22,28H,5,19-21H2,1-4H3,(H,32,36)/t28-/m1/s1. The van der Waals surface area contributed by atoms with Gasteiger partial charge in [-0.25, -0.2) is 8.42 Å². The topological polar surface area (TPSA) is 86.8 Å². The Hall–Kier alpha value is -3.36. The molecule has 2 amide bonds. The van der Waals surface area contributed by atoms with Gasteiger partial charge in [0, 0.05) is 17.6 Å². The van der Waals surface area contributed by atoms with E-state index >= 15 is 0 Å². The van der Waals surface area contributed by atoms with Crippen molar-refractivity contribution in [1.29, 1.82) is 0 Å². The average Bonchev–Trinajstić information content (AvgIpc) is 2.90. The average molecular weight is 570 g/mol. The van der Waals surface area contributed by atoms with E-state index in [1.165, 1.54) is 17.0 Å². The zero-order valence-electron chi connectivity index (χ0n) is 22.8. The number of carbonyl (C=O) groups excluding carboxylic acids is 2. The van der Waals surface area contributed by atoms with Crippen LogP contribution in [0.5, 0.6) is 0 Å². The van der Waals surface area contributed by atoms with Crippen molar-refractivity contribution in [3.63, 3.8) is 0 Å². The number of anilines is 1. The zero-order valence-corrected chi connectivity index (χ0v) is 24.4. The summed E-state index contributed by atoms with van der Waals surface area (Å²) >= 11 is 6.07. The maximum Gasteiger partial charge on any atom is 0.264 e.